The van der Waals surface area contributed by atoms with Crippen LogP contribution in [0.4, 0.5) is 26.3 Å². The Morgan fingerprint density at radius 1 is 0.489 bits per heavy atom. The summed E-state index contributed by atoms with van der Waals surface area (Å²) in [6.45, 7) is 6.58. The number of ether oxygens (including phenoxy) is 4. The van der Waals surface area contributed by atoms with E-state index in [1.54, 1.807) is 60.3 Å². The van der Waals surface area contributed by atoms with E-state index in [2.05, 4.69) is 20.6 Å². The van der Waals surface area contributed by atoms with Crippen LogP contribution >= 0.6 is 0 Å². The van der Waals surface area contributed by atoms with Gasteiger partial charge in [0.15, 0.2) is 0 Å². The van der Waals surface area contributed by atoms with Gasteiger partial charge in [-0.25, -0.2) is 25.4 Å². The Morgan fingerprint density at radius 3 is 1.35 bits per heavy atom. The number of benzene rings is 4. The van der Waals surface area contributed by atoms with Crippen molar-refractivity contribution in [3.63, 3.8) is 0 Å². The van der Waals surface area contributed by atoms with Crippen LogP contribution in [0.25, 0.3) is 0 Å². The molecular weight excluding hydrogens is 1270 g/mol. The quantitative estimate of drug-likeness (QED) is 0.125. The van der Waals surface area contributed by atoms with Crippen LogP contribution in [0.3, 0.4) is 0 Å². The molecule has 4 aromatic rings. The number of amides is 4. The number of hydrogen-bond acceptors (Lipinski definition) is 14. The van der Waals surface area contributed by atoms with E-state index in [1.807, 2.05) is 26.0 Å². The Labute approximate surface area is 544 Å². The van der Waals surface area contributed by atoms with Gasteiger partial charge in [-0.3, -0.25) is 29.2 Å². The molecule has 4 amide bonds. The van der Waals surface area contributed by atoms with Crippen LogP contribution in [0, 0.1) is 13.8 Å². The Balaban J connectivity index is 0.000000221. The lowest BCUT2D eigenvalue weighted by Gasteiger charge is -2.34. The van der Waals surface area contributed by atoms with Gasteiger partial charge < -0.3 is 39.4 Å². The van der Waals surface area contributed by atoms with Crippen LogP contribution in [-0.2, 0) is 64.3 Å². The minimum absolute atomic E-state index is 0.00180. The van der Waals surface area contributed by atoms with Crippen molar-refractivity contribution in [1.29, 1.82) is 0 Å². The summed E-state index contributed by atoms with van der Waals surface area (Å²) >= 11 is 0. The molecule has 94 heavy (non-hydrogen) atoms. The van der Waals surface area contributed by atoms with Crippen LogP contribution in [0.15, 0.2) is 94.9 Å². The zero-order chi connectivity index (χ0) is 67.6. The van der Waals surface area contributed by atoms with Crippen molar-refractivity contribution in [2.75, 3.05) is 105 Å². The van der Waals surface area contributed by atoms with Gasteiger partial charge in [-0.2, -0.15) is 26.3 Å². The Bertz CT molecular complexity index is 3770. The molecule has 14 bridgehead atoms. The third kappa shape index (κ3) is 17.8. The molecule has 20 nitrogen and oxygen atoms in total. The zero-order valence-electron chi connectivity index (χ0n) is 53.1. The highest BCUT2D eigenvalue weighted by Crippen LogP contribution is 2.39. The third-order valence-electron chi connectivity index (χ3n) is 17.8. The number of aliphatic imine (C=N–C) groups is 2. The molecule has 510 valence electrons. The number of amidine groups is 2. The van der Waals surface area contributed by atoms with E-state index in [0.29, 0.717) is 69.9 Å². The molecule has 28 heteroatoms. The fourth-order valence-corrected chi connectivity index (χ4v) is 14.9. The number of carbonyl (C=O) groups is 4. The lowest BCUT2D eigenvalue weighted by atomic mass is 9.89. The summed E-state index contributed by atoms with van der Waals surface area (Å²) in [7, 11) is -3.99. The topological polar surface area (TPSA) is 235 Å². The van der Waals surface area contributed by atoms with E-state index < -0.39 is 66.4 Å². The second-order valence-corrected chi connectivity index (χ2v) is 28.6. The van der Waals surface area contributed by atoms with Gasteiger partial charge in [-0.05, 0) is 167 Å². The van der Waals surface area contributed by atoms with Crippen molar-refractivity contribution in [1.82, 2.24) is 29.0 Å². The van der Waals surface area contributed by atoms with E-state index in [0.717, 1.165) is 65.8 Å². The third-order valence-corrected chi connectivity index (χ3v) is 21.5. The van der Waals surface area contributed by atoms with Crippen molar-refractivity contribution in [2.24, 2.45) is 9.98 Å². The number of alkyl halides is 6. The van der Waals surface area contributed by atoms with Crippen molar-refractivity contribution >= 4 is 55.3 Å². The van der Waals surface area contributed by atoms with Gasteiger partial charge in [-0.15, -0.1) is 0 Å². The number of sulfonamides is 2. The lowest BCUT2D eigenvalue weighted by molar-refractivity contribution is -0.138. The molecule has 0 atom stereocenters. The summed E-state index contributed by atoms with van der Waals surface area (Å²) in [6, 6.07) is 17.1. The van der Waals surface area contributed by atoms with Crippen LogP contribution in [0.1, 0.15) is 129 Å². The molecule has 10 aliphatic heterocycles. The fraction of sp³-hybridized carbons (Fsp3) is 0.515. The van der Waals surface area contributed by atoms with Gasteiger partial charge in [0, 0.05) is 82.2 Å². The number of hydrogen-bond donors (Lipinski definition) is 2. The highest BCUT2D eigenvalue weighted by Gasteiger charge is 2.49. The maximum Gasteiger partial charge on any atom is 0.416 e. The summed E-state index contributed by atoms with van der Waals surface area (Å²) in [5.41, 5.74) is 0.000762. The van der Waals surface area contributed by atoms with Crippen LogP contribution in [0.2, 0.25) is 0 Å². The van der Waals surface area contributed by atoms with Gasteiger partial charge in [0.1, 0.15) is 34.2 Å². The molecule has 0 saturated carbocycles. The molecule has 4 aromatic carbocycles. The van der Waals surface area contributed by atoms with Gasteiger partial charge in [0.25, 0.3) is 23.6 Å². The van der Waals surface area contributed by atoms with Gasteiger partial charge in [-0.1, -0.05) is 30.7 Å². The maximum absolute atomic E-state index is 13.8. The molecule has 0 aliphatic carbocycles. The molecule has 0 unspecified atom stereocenters. The van der Waals surface area contributed by atoms with Crippen molar-refractivity contribution in [3.8, 4) is 11.5 Å². The molecule has 2 N–H and O–H groups in total. The standard InChI is InChI=1S/C33H41F3N4O6S.C33H39F3N4O6S/c2*1-23-19-25-8-7-24(23)9-18-47(43,44)40-12-10-32(11-13-40)31(42)37-29(38-32)26-20-27(33(34,35)36)22-28(21-26)46-16-6-4-3-5-15-45-17-14-39(2)30(25)41/h7-8,19-22H,3-6,9-18H2,1-2H3,(H,37,38,42);3,5,7-8,19-22H,4,6,9-18H2,1-2H3,(H,37,38,42)/b;5-3+. The predicted octanol–water partition coefficient (Wildman–Crippen LogP) is 8.45. The number of aryl methyl sites for hydroxylation is 4. The van der Waals surface area contributed by atoms with Crippen LogP contribution < -0.4 is 20.1 Å². The number of carbonyl (C=O) groups excluding carboxylic acids is 4. The minimum Gasteiger partial charge on any atom is -0.494 e. The van der Waals surface area contributed by atoms with Crippen molar-refractivity contribution in [3.05, 3.63) is 141 Å². The zero-order valence-corrected chi connectivity index (χ0v) is 54.8. The Kier molecular flexibility index (Phi) is 22.9. The molecular formula is C66H80F6N8O12S2. The minimum atomic E-state index is -4.65. The normalized spacial score (nSPS) is 25.2. The van der Waals surface area contributed by atoms with E-state index >= 15 is 0 Å². The number of fused-ring (bicyclic) bond motifs is 4. The van der Waals surface area contributed by atoms with Crippen LogP contribution in [-0.4, -0.2) is 186 Å². The average molecular weight is 1360 g/mol. The second kappa shape index (κ2) is 30.2. The highest BCUT2D eigenvalue weighted by molar-refractivity contribution is 7.89. The first-order chi connectivity index (χ1) is 44.5. The van der Waals surface area contributed by atoms with E-state index in [-0.39, 0.29) is 136 Å². The van der Waals surface area contributed by atoms with Crippen LogP contribution in [0.5, 0.6) is 11.5 Å². The first-order valence-electron chi connectivity index (χ1n) is 31.5. The number of nitrogens with one attached hydrogen (secondary N) is 2. The first-order valence-corrected chi connectivity index (χ1v) is 34.8. The number of likely N-dealkylation sites (N-methyl/N-ethyl adjacent to an activating group) is 2. The fourth-order valence-electron chi connectivity index (χ4n) is 11.9. The highest BCUT2D eigenvalue weighted by atomic mass is 32.2. The molecule has 2 saturated heterocycles. The van der Waals surface area contributed by atoms with Gasteiger partial charge >= 0.3 is 12.4 Å². The molecule has 2 spiro atoms. The Morgan fingerprint density at radius 2 is 0.915 bits per heavy atom. The summed E-state index contributed by atoms with van der Waals surface area (Å²) in [4.78, 5) is 64.5. The monoisotopic (exact) mass is 1350 g/mol. The first kappa shape index (κ1) is 71.1. The SMILES string of the molecule is Cc1cc2ccc1CCS(=O)(=O)N1CCC3(CC1)N=C(NC3=O)c1cc(cc(C(F)(F)F)c1)OCCC/C=C/COCCN(C)C2=O.Cc1cc2ccc1CCS(=O)(=O)N1CCC3(CC1)N=C(NC3=O)c1cc(cc(C(F)(F)F)c1)OCCCCCCOCCN(C)C2=O. The van der Waals surface area contributed by atoms with Gasteiger partial charge in [0.2, 0.25) is 20.0 Å². The second-order valence-electron chi connectivity index (χ2n) is 24.5. The largest absolute Gasteiger partial charge is 0.494 e. The summed E-state index contributed by atoms with van der Waals surface area (Å²) in [5, 5.41) is 5.28. The average Bonchev–Trinajstić information content (AvgIpc) is 1.60. The lowest BCUT2D eigenvalue weighted by Crippen LogP contribution is -2.50. The summed E-state index contributed by atoms with van der Waals surface area (Å²) < 4.78 is 161. The number of allylic oxidation sites excluding steroid dienone is 1. The maximum atomic E-state index is 13.8. The Hall–Kier alpha value is -7.24. The molecule has 0 aromatic heterocycles. The summed E-state index contributed by atoms with van der Waals surface area (Å²) in [5.74, 6) is -1.54. The number of piperidine rings is 2. The number of halogens is 6. The molecule has 10 aliphatic rings. The summed E-state index contributed by atoms with van der Waals surface area (Å²) in [6.07, 6.45) is -0.497. The smallest absolute Gasteiger partial charge is 0.416 e. The number of nitrogens with zero attached hydrogens (tertiary/aromatic N) is 6. The van der Waals surface area contributed by atoms with E-state index in [9.17, 15) is 62.4 Å². The number of rotatable bonds is 0. The molecule has 0 radical (unpaired) electrons. The van der Waals surface area contributed by atoms with Crippen molar-refractivity contribution < 1.29 is 81.3 Å². The van der Waals surface area contributed by atoms with Crippen molar-refractivity contribution in [2.45, 2.75) is 114 Å². The van der Waals surface area contributed by atoms with Gasteiger partial charge in [0.05, 0.1) is 55.7 Å². The molecule has 10 heterocycles. The van der Waals surface area contributed by atoms with E-state index in [1.165, 1.54) is 20.7 Å². The predicted molar refractivity (Wildman–Crippen MR) is 340 cm³/mol. The van der Waals surface area contributed by atoms with E-state index in [4.69, 9.17) is 18.9 Å². The molecule has 2 fully saturated rings. The molecule has 14 rings (SSSR count).